The average molecular weight is 541 g/mol. The summed E-state index contributed by atoms with van der Waals surface area (Å²) in [6.07, 6.45) is -5.63. The van der Waals surface area contributed by atoms with Crippen LogP contribution in [0.25, 0.3) is 0 Å². The summed E-state index contributed by atoms with van der Waals surface area (Å²) in [5.74, 6) is 0. The number of aliphatic hydroxyl groups excluding tert-OH is 2. The van der Waals surface area contributed by atoms with E-state index in [-0.39, 0.29) is 26.4 Å². The summed E-state index contributed by atoms with van der Waals surface area (Å²) < 4.78 is 25.5. The highest BCUT2D eigenvalue weighted by Gasteiger charge is 2.52. The number of hydrogen-bond acceptors (Lipinski definition) is 6. The predicted octanol–water partition coefficient (Wildman–Crippen LogP) is 5.06. The minimum atomic E-state index is -1.25. The Labute approximate surface area is 235 Å². The molecule has 40 heavy (non-hydrogen) atoms. The van der Waals surface area contributed by atoms with E-state index in [1.165, 1.54) is 0 Å². The number of rotatable bonds is 12. The molecule has 0 saturated heterocycles. The molecule has 4 aromatic rings. The van der Waals surface area contributed by atoms with Crippen LogP contribution in [0.5, 0.6) is 0 Å². The second-order valence-corrected chi connectivity index (χ2v) is 10.0. The van der Waals surface area contributed by atoms with E-state index in [0.717, 1.165) is 22.3 Å². The molecule has 2 N–H and O–H groups in total. The van der Waals surface area contributed by atoms with Crippen molar-refractivity contribution in [2.45, 2.75) is 63.1 Å². The topological polar surface area (TPSA) is 77.4 Å². The normalized spacial score (nSPS) is 24.6. The zero-order valence-electron chi connectivity index (χ0n) is 22.4. The highest BCUT2D eigenvalue weighted by molar-refractivity contribution is 5.17. The molecular formula is C34H36O6. The van der Waals surface area contributed by atoms with Gasteiger partial charge in [0.25, 0.3) is 0 Å². The van der Waals surface area contributed by atoms with Crippen LogP contribution in [0.15, 0.2) is 121 Å². The molecule has 0 spiro atoms. The van der Waals surface area contributed by atoms with Gasteiger partial charge in [0, 0.05) is 0 Å². The largest absolute Gasteiger partial charge is 0.387 e. The van der Waals surface area contributed by atoms with Crippen molar-refractivity contribution >= 4 is 0 Å². The molecule has 5 rings (SSSR count). The first-order chi connectivity index (χ1) is 19.7. The number of benzene rings is 4. The van der Waals surface area contributed by atoms with Gasteiger partial charge in [0.15, 0.2) is 0 Å². The van der Waals surface area contributed by atoms with Crippen molar-refractivity contribution in [3.8, 4) is 0 Å². The fraction of sp³-hybridized carbons (Fsp3) is 0.294. The lowest BCUT2D eigenvalue weighted by atomic mass is 9.84. The van der Waals surface area contributed by atoms with E-state index in [4.69, 9.17) is 18.9 Å². The van der Waals surface area contributed by atoms with Gasteiger partial charge < -0.3 is 29.2 Å². The van der Waals surface area contributed by atoms with Gasteiger partial charge in [-0.1, -0.05) is 121 Å². The molecule has 6 atom stereocenters. The molecule has 0 amide bonds. The Bertz CT molecular complexity index is 1150. The van der Waals surface area contributed by atoms with Gasteiger partial charge in [0.05, 0.1) is 26.4 Å². The highest BCUT2D eigenvalue weighted by Crippen LogP contribution is 2.32. The van der Waals surface area contributed by atoms with Gasteiger partial charge in [-0.25, -0.2) is 0 Å². The molecule has 0 heterocycles. The summed E-state index contributed by atoms with van der Waals surface area (Å²) in [5, 5.41) is 22.7. The lowest BCUT2D eigenvalue weighted by molar-refractivity contribution is -0.273. The molecule has 0 bridgehead atoms. The van der Waals surface area contributed by atoms with Gasteiger partial charge in [-0.15, -0.1) is 0 Å². The van der Waals surface area contributed by atoms with Crippen LogP contribution in [0.4, 0.5) is 0 Å². The smallest absolute Gasteiger partial charge is 0.116 e. The molecule has 1 aliphatic rings. The number of aliphatic hydroxyl groups is 2. The summed E-state index contributed by atoms with van der Waals surface area (Å²) in [7, 11) is 0. The Morgan fingerprint density at radius 1 is 0.350 bits per heavy atom. The lowest BCUT2D eigenvalue weighted by Crippen LogP contribution is -2.66. The van der Waals surface area contributed by atoms with Crippen LogP contribution < -0.4 is 0 Å². The number of hydrogen-bond donors (Lipinski definition) is 2. The van der Waals surface area contributed by atoms with E-state index < -0.39 is 36.6 Å². The first kappa shape index (κ1) is 28.2. The Hall–Kier alpha value is -3.36. The summed E-state index contributed by atoms with van der Waals surface area (Å²) in [4.78, 5) is 0. The maximum Gasteiger partial charge on any atom is 0.116 e. The van der Waals surface area contributed by atoms with Crippen LogP contribution >= 0.6 is 0 Å². The molecule has 0 aromatic heterocycles. The van der Waals surface area contributed by atoms with E-state index in [2.05, 4.69) is 0 Å². The third-order valence-electron chi connectivity index (χ3n) is 7.14. The first-order valence-corrected chi connectivity index (χ1v) is 13.7. The Kier molecular flexibility index (Phi) is 10.1. The Morgan fingerprint density at radius 2 is 0.575 bits per heavy atom. The lowest BCUT2D eigenvalue weighted by Gasteiger charge is -2.47. The van der Waals surface area contributed by atoms with E-state index in [9.17, 15) is 10.2 Å². The van der Waals surface area contributed by atoms with Crippen molar-refractivity contribution in [1.29, 1.82) is 0 Å². The van der Waals surface area contributed by atoms with E-state index in [1.54, 1.807) is 0 Å². The molecule has 1 aliphatic carbocycles. The Balaban J connectivity index is 1.42. The van der Waals surface area contributed by atoms with Crippen molar-refractivity contribution < 1.29 is 29.2 Å². The molecule has 208 valence electrons. The van der Waals surface area contributed by atoms with Crippen LogP contribution in [-0.2, 0) is 45.4 Å². The van der Waals surface area contributed by atoms with Gasteiger partial charge in [0.2, 0.25) is 0 Å². The van der Waals surface area contributed by atoms with E-state index in [1.807, 2.05) is 121 Å². The zero-order valence-corrected chi connectivity index (χ0v) is 22.4. The molecule has 0 radical (unpaired) electrons. The van der Waals surface area contributed by atoms with Crippen LogP contribution in [0.3, 0.4) is 0 Å². The second kappa shape index (κ2) is 14.3. The third kappa shape index (κ3) is 7.43. The molecule has 6 nitrogen and oxygen atoms in total. The predicted molar refractivity (Wildman–Crippen MR) is 152 cm³/mol. The molecule has 1 saturated carbocycles. The van der Waals surface area contributed by atoms with Gasteiger partial charge in [-0.2, -0.15) is 0 Å². The minimum absolute atomic E-state index is 0.251. The summed E-state index contributed by atoms with van der Waals surface area (Å²) in [6.45, 7) is 1.08. The quantitative estimate of drug-likeness (QED) is 0.262. The van der Waals surface area contributed by atoms with Gasteiger partial charge in [-0.3, -0.25) is 0 Å². The van der Waals surface area contributed by atoms with Crippen molar-refractivity contribution in [1.82, 2.24) is 0 Å². The van der Waals surface area contributed by atoms with E-state index >= 15 is 0 Å². The average Bonchev–Trinajstić information content (AvgIpc) is 3.01. The molecule has 1 fully saturated rings. The van der Waals surface area contributed by atoms with Gasteiger partial charge >= 0.3 is 0 Å². The van der Waals surface area contributed by atoms with Crippen molar-refractivity contribution in [3.63, 3.8) is 0 Å². The standard InChI is InChI=1S/C34H36O6/c35-29-30(36)32(38-22-26-15-7-2-8-16-26)34(40-24-28-19-11-4-12-20-28)33(39-23-27-17-9-3-10-18-27)31(29)37-21-25-13-5-1-6-14-25/h1-20,29-36H,21-24H2/t29-,30-,31-,32+,33+,34+/m0/s1. The molecule has 0 aliphatic heterocycles. The third-order valence-corrected chi connectivity index (χ3v) is 7.14. The summed E-state index contributed by atoms with van der Waals surface area (Å²) in [6, 6.07) is 39.1. The maximum absolute atomic E-state index is 11.4. The molecule has 6 heteroatoms. The van der Waals surface area contributed by atoms with Gasteiger partial charge in [-0.05, 0) is 22.3 Å². The highest BCUT2D eigenvalue weighted by atomic mass is 16.6. The van der Waals surface area contributed by atoms with Crippen molar-refractivity contribution in [3.05, 3.63) is 144 Å². The minimum Gasteiger partial charge on any atom is -0.387 e. The fourth-order valence-corrected chi connectivity index (χ4v) is 4.98. The fourth-order valence-electron chi connectivity index (χ4n) is 4.98. The Morgan fingerprint density at radius 3 is 0.825 bits per heavy atom. The van der Waals surface area contributed by atoms with Crippen LogP contribution in [0, 0.1) is 0 Å². The van der Waals surface area contributed by atoms with Crippen LogP contribution in [0.2, 0.25) is 0 Å². The molecular weight excluding hydrogens is 504 g/mol. The first-order valence-electron chi connectivity index (χ1n) is 13.7. The molecule has 0 unspecified atom stereocenters. The zero-order chi connectivity index (χ0) is 27.6. The second-order valence-electron chi connectivity index (χ2n) is 10.0. The maximum atomic E-state index is 11.4. The van der Waals surface area contributed by atoms with E-state index in [0.29, 0.717) is 0 Å². The van der Waals surface area contributed by atoms with Crippen LogP contribution in [-0.4, -0.2) is 46.8 Å². The SMILES string of the molecule is O[C@H]1[C@H](O)[C@H](OCc2ccccc2)[C@@H](OCc2ccccc2)[C@H](OCc2ccccc2)[C@@H]1OCc1ccccc1. The summed E-state index contributed by atoms with van der Waals surface area (Å²) in [5.41, 5.74) is 3.87. The van der Waals surface area contributed by atoms with Crippen molar-refractivity contribution in [2.24, 2.45) is 0 Å². The van der Waals surface area contributed by atoms with Crippen LogP contribution in [0.1, 0.15) is 22.3 Å². The van der Waals surface area contributed by atoms with Crippen molar-refractivity contribution in [2.75, 3.05) is 0 Å². The number of ether oxygens (including phenoxy) is 4. The molecule has 4 aromatic carbocycles. The monoisotopic (exact) mass is 540 g/mol. The van der Waals surface area contributed by atoms with Gasteiger partial charge in [0.1, 0.15) is 36.6 Å². The summed E-state index contributed by atoms with van der Waals surface area (Å²) >= 11 is 0.